The van der Waals surface area contributed by atoms with E-state index in [-0.39, 0.29) is 11.3 Å². The molecule has 0 radical (unpaired) electrons. The predicted octanol–water partition coefficient (Wildman–Crippen LogP) is 1.89. The van der Waals surface area contributed by atoms with Gasteiger partial charge in [0.05, 0.1) is 0 Å². The Hall–Kier alpha value is -1.17. The molecule has 1 heterocycles. The first-order chi connectivity index (χ1) is 8.13. The Morgan fingerprint density at radius 2 is 2.12 bits per heavy atom. The van der Waals surface area contributed by atoms with Gasteiger partial charge in [-0.15, -0.1) is 10.2 Å². The summed E-state index contributed by atoms with van der Waals surface area (Å²) >= 11 is 1.28. The topological polar surface area (TPSA) is 66.9 Å². The summed E-state index contributed by atoms with van der Waals surface area (Å²) in [6, 6.07) is 0. The van der Waals surface area contributed by atoms with Crippen molar-refractivity contribution in [3.63, 3.8) is 0 Å². The molecule has 1 amide bonds. The van der Waals surface area contributed by atoms with Gasteiger partial charge in [-0.05, 0) is 18.3 Å². The molecule has 0 saturated heterocycles. The van der Waals surface area contributed by atoms with Crippen LogP contribution in [0, 0.1) is 5.41 Å². The molecule has 1 fully saturated rings. The molecule has 0 atom stereocenters. The summed E-state index contributed by atoms with van der Waals surface area (Å²) in [7, 11) is 1.77. The van der Waals surface area contributed by atoms with Crippen molar-refractivity contribution in [3.8, 4) is 0 Å². The fourth-order valence-corrected chi connectivity index (χ4v) is 2.80. The minimum Gasteiger partial charge on any atom is -0.363 e. The molecule has 6 heteroatoms. The van der Waals surface area contributed by atoms with Crippen molar-refractivity contribution in [1.29, 1.82) is 0 Å². The quantitative estimate of drug-likeness (QED) is 0.861. The molecule has 17 heavy (non-hydrogen) atoms. The van der Waals surface area contributed by atoms with Crippen LogP contribution in [0.3, 0.4) is 0 Å². The van der Waals surface area contributed by atoms with Crippen molar-refractivity contribution in [2.45, 2.75) is 32.6 Å². The molecule has 1 aromatic rings. The molecule has 1 aliphatic rings. The Labute approximate surface area is 105 Å². The minimum atomic E-state index is -0.114. The summed E-state index contributed by atoms with van der Waals surface area (Å²) in [5, 5.41) is 14.6. The molecule has 94 valence electrons. The maximum absolute atomic E-state index is 11.8. The summed E-state index contributed by atoms with van der Waals surface area (Å²) < 4.78 is 0. The SMILES string of the molecule is CNc1nnc(C(=O)NCC2(C)CCCC2)s1. The number of nitrogens with one attached hydrogen (secondary N) is 2. The highest BCUT2D eigenvalue weighted by molar-refractivity contribution is 7.17. The normalized spacial score (nSPS) is 18.0. The zero-order chi connectivity index (χ0) is 12.3. The Kier molecular flexibility index (Phi) is 3.61. The van der Waals surface area contributed by atoms with E-state index < -0.39 is 0 Å². The van der Waals surface area contributed by atoms with Crippen LogP contribution in [0.25, 0.3) is 0 Å². The second kappa shape index (κ2) is 5.00. The van der Waals surface area contributed by atoms with Crippen molar-refractivity contribution in [2.24, 2.45) is 5.41 Å². The summed E-state index contributed by atoms with van der Waals surface area (Å²) in [5.74, 6) is -0.114. The number of carbonyl (C=O) groups excluding carboxylic acids is 1. The van der Waals surface area contributed by atoms with Crippen LogP contribution in [0.1, 0.15) is 42.4 Å². The van der Waals surface area contributed by atoms with Crippen molar-refractivity contribution in [2.75, 3.05) is 18.9 Å². The first kappa shape index (κ1) is 12.3. The van der Waals surface area contributed by atoms with E-state index >= 15 is 0 Å². The molecule has 0 spiro atoms. The van der Waals surface area contributed by atoms with Crippen LogP contribution in [0.2, 0.25) is 0 Å². The van der Waals surface area contributed by atoms with Gasteiger partial charge < -0.3 is 10.6 Å². The number of carbonyl (C=O) groups is 1. The Bertz CT molecular complexity index is 398. The van der Waals surface area contributed by atoms with E-state index in [4.69, 9.17) is 0 Å². The van der Waals surface area contributed by atoms with E-state index in [1.54, 1.807) is 7.05 Å². The van der Waals surface area contributed by atoms with Crippen molar-refractivity contribution in [1.82, 2.24) is 15.5 Å². The molecule has 5 nitrogen and oxygen atoms in total. The monoisotopic (exact) mass is 254 g/mol. The number of anilines is 1. The van der Waals surface area contributed by atoms with Gasteiger partial charge in [-0.3, -0.25) is 4.79 Å². The van der Waals surface area contributed by atoms with Crippen molar-refractivity contribution < 1.29 is 4.79 Å². The molecule has 0 unspecified atom stereocenters. The van der Waals surface area contributed by atoms with Gasteiger partial charge in [0.15, 0.2) is 0 Å². The number of aromatic nitrogens is 2. The van der Waals surface area contributed by atoms with Crippen LogP contribution in [0.15, 0.2) is 0 Å². The van der Waals surface area contributed by atoms with Gasteiger partial charge in [0.1, 0.15) is 0 Å². The van der Waals surface area contributed by atoms with Crippen LogP contribution in [0.5, 0.6) is 0 Å². The number of nitrogens with zero attached hydrogens (tertiary/aromatic N) is 2. The van der Waals surface area contributed by atoms with Gasteiger partial charge in [0, 0.05) is 13.6 Å². The lowest BCUT2D eigenvalue weighted by Crippen LogP contribution is -2.34. The molecule has 1 saturated carbocycles. The lowest BCUT2D eigenvalue weighted by molar-refractivity contribution is 0.0933. The molecule has 2 N–H and O–H groups in total. The van der Waals surface area contributed by atoms with E-state index in [0.717, 1.165) is 6.54 Å². The highest BCUT2D eigenvalue weighted by Crippen LogP contribution is 2.36. The lowest BCUT2D eigenvalue weighted by atomic mass is 9.89. The van der Waals surface area contributed by atoms with Gasteiger partial charge in [-0.25, -0.2) is 0 Å². The highest BCUT2D eigenvalue weighted by Gasteiger charge is 2.29. The van der Waals surface area contributed by atoms with Crippen molar-refractivity contribution in [3.05, 3.63) is 5.01 Å². The van der Waals surface area contributed by atoms with E-state index in [1.165, 1.54) is 37.0 Å². The van der Waals surface area contributed by atoms with Crippen LogP contribution < -0.4 is 10.6 Å². The van der Waals surface area contributed by atoms with E-state index in [1.807, 2.05) is 0 Å². The molecule has 0 aromatic carbocycles. The molecule has 1 aliphatic carbocycles. The lowest BCUT2D eigenvalue weighted by Gasteiger charge is -2.23. The number of hydrogen-bond acceptors (Lipinski definition) is 5. The molecule has 0 aliphatic heterocycles. The van der Waals surface area contributed by atoms with Crippen LogP contribution in [-0.4, -0.2) is 29.7 Å². The van der Waals surface area contributed by atoms with E-state index in [2.05, 4.69) is 27.8 Å². The Balaban J connectivity index is 1.88. The van der Waals surface area contributed by atoms with E-state index in [0.29, 0.717) is 10.1 Å². The van der Waals surface area contributed by atoms with Crippen LogP contribution in [0.4, 0.5) is 5.13 Å². The second-order valence-corrected chi connectivity index (χ2v) is 5.84. The standard InChI is InChI=1S/C11H18N4OS/c1-11(5-3-4-6-11)7-13-8(16)9-14-15-10(12-2)17-9/h3-7H2,1-2H3,(H,12,15)(H,13,16). The molecule has 1 aromatic heterocycles. The molecule has 0 bridgehead atoms. The summed E-state index contributed by atoms with van der Waals surface area (Å²) in [6.45, 7) is 2.97. The number of rotatable bonds is 4. The number of hydrogen-bond donors (Lipinski definition) is 2. The third-order valence-corrected chi connectivity index (χ3v) is 4.26. The maximum atomic E-state index is 11.8. The maximum Gasteiger partial charge on any atom is 0.282 e. The zero-order valence-corrected chi connectivity index (χ0v) is 11.1. The fraction of sp³-hybridized carbons (Fsp3) is 0.727. The third-order valence-electron chi connectivity index (χ3n) is 3.32. The van der Waals surface area contributed by atoms with Crippen molar-refractivity contribution >= 4 is 22.4 Å². The smallest absolute Gasteiger partial charge is 0.282 e. The van der Waals surface area contributed by atoms with Gasteiger partial charge in [0.2, 0.25) is 10.1 Å². The van der Waals surface area contributed by atoms with Crippen LogP contribution in [-0.2, 0) is 0 Å². The number of amides is 1. The third kappa shape index (κ3) is 2.94. The average Bonchev–Trinajstić information content (AvgIpc) is 2.95. The summed E-state index contributed by atoms with van der Waals surface area (Å²) in [5.41, 5.74) is 0.270. The fourth-order valence-electron chi connectivity index (χ4n) is 2.19. The molecule has 2 rings (SSSR count). The largest absolute Gasteiger partial charge is 0.363 e. The Morgan fingerprint density at radius 3 is 2.71 bits per heavy atom. The van der Waals surface area contributed by atoms with Gasteiger partial charge in [0.25, 0.3) is 5.91 Å². The van der Waals surface area contributed by atoms with Crippen LogP contribution >= 0.6 is 11.3 Å². The van der Waals surface area contributed by atoms with Gasteiger partial charge in [-0.1, -0.05) is 31.1 Å². The van der Waals surface area contributed by atoms with Gasteiger partial charge >= 0.3 is 0 Å². The Morgan fingerprint density at radius 1 is 1.41 bits per heavy atom. The molecular weight excluding hydrogens is 236 g/mol. The second-order valence-electron chi connectivity index (χ2n) is 4.86. The first-order valence-corrected chi connectivity index (χ1v) is 6.74. The molecular formula is C11H18N4OS. The van der Waals surface area contributed by atoms with Gasteiger partial charge in [-0.2, -0.15) is 0 Å². The average molecular weight is 254 g/mol. The van der Waals surface area contributed by atoms with E-state index in [9.17, 15) is 4.79 Å². The minimum absolute atomic E-state index is 0.114. The summed E-state index contributed by atoms with van der Waals surface area (Å²) in [6.07, 6.45) is 4.94. The first-order valence-electron chi connectivity index (χ1n) is 5.92. The zero-order valence-electron chi connectivity index (χ0n) is 10.2. The summed E-state index contributed by atoms with van der Waals surface area (Å²) in [4.78, 5) is 11.8. The predicted molar refractivity (Wildman–Crippen MR) is 68.4 cm³/mol. The highest BCUT2D eigenvalue weighted by atomic mass is 32.1.